The van der Waals surface area contributed by atoms with Gasteiger partial charge in [-0.15, -0.1) is 5.10 Å². The van der Waals surface area contributed by atoms with E-state index in [-0.39, 0.29) is 30.0 Å². The Hall–Kier alpha value is -3.96. The minimum atomic E-state index is -0.383. The number of piperidine rings is 1. The van der Waals surface area contributed by atoms with Crippen LogP contribution in [0.3, 0.4) is 0 Å². The molecule has 192 valence electrons. The van der Waals surface area contributed by atoms with Crippen LogP contribution in [-0.4, -0.2) is 55.0 Å². The van der Waals surface area contributed by atoms with Crippen LogP contribution in [0.5, 0.6) is 0 Å². The minimum Gasteiger partial charge on any atom is -0.363 e. The number of fused-ring (bicyclic) bond motifs is 1. The summed E-state index contributed by atoms with van der Waals surface area (Å²) in [6.45, 7) is 6.35. The van der Waals surface area contributed by atoms with Gasteiger partial charge in [-0.2, -0.15) is 4.98 Å². The molecule has 2 aliphatic heterocycles. The minimum absolute atomic E-state index is 0.187. The zero-order chi connectivity index (χ0) is 25.5. The molecule has 4 aromatic rings. The van der Waals surface area contributed by atoms with Crippen molar-refractivity contribution in [2.75, 3.05) is 29.4 Å². The fourth-order valence-electron chi connectivity index (χ4n) is 5.13. The Morgan fingerprint density at radius 2 is 1.92 bits per heavy atom. The van der Waals surface area contributed by atoms with Gasteiger partial charge in [-0.3, -0.25) is 4.98 Å². The van der Waals surface area contributed by atoms with Gasteiger partial charge in [0.05, 0.1) is 23.6 Å². The number of aromatic nitrogens is 7. The smallest absolute Gasteiger partial charge is 0.266 e. The summed E-state index contributed by atoms with van der Waals surface area (Å²) in [6, 6.07) is 4.85. The molecule has 0 amide bonds. The van der Waals surface area contributed by atoms with Gasteiger partial charge in [-0.05, 0) is 64.0 Å². The number of pyridine rings is 1. The maximum Gasteiger partial charge on any atom is 0.266 e. The molecule has 12 heteroatoms. The van der Waals surface area contributed by atoms with E-state index in [2.05, 4.69) is 35.5 Å². The second kappa shape index (κ2) is 9.49. The average molecular weight is 508 g/mol. The molecule has 1 saturated heterocycles. The first kappa shape index (κ1) is 23.4. The van der Waals surface area contributed by atoms with E-state index in [1.165, 1.54) is 17.1 Å². The van der Waals surface area contributed by atoms with Crippen molar-refractivity contribution in [2.24, 2.45) is 0 Å². The maximum absolute atomic E-state index is 15.2. The van der Waals surface area contributed by atoms with Crippen LogP contribution in [0.4, 0.5) is 20.4 Å². The molecular weight excluding hydrogens is 480 g/mol. The molecule has 0 radical (unpaired) electrons. The molecular formula is C25H27F2N9O. The normalized spacial score (nSPS) is 16.1. The van der Waals surface area contributed by atoms with Gasteiger partial charge in [0, 0.05) is 37.8 Å². The average Bonchev–Trinajstić information content (AvgIpc) is 3.67. The van der Waals surface area contributed by atoms with Crippen LogP contribution < -0.4 is 9.80 Å². The summed E-state index contributed by atoms with van der Waals surface area (Å²) in [6.07, 6.45) is 5.53. The summed E-state index contributed by atoms with van der Waals surface area (Å²) in [5.41, 5.74) is 3.08. The number of halogens is 2. The van der Waals surface area contributed by atoms with E-state index >= 15 is 8.78 Å². The molecule has 1 aromatic carbocycles. The van der Waals surface area contributed by atoms with Gasteiger partial charge in [-0.25, -0.2) is 13.5 Å². The Morgan fingerprint density at radius 3 is 2.62 bits per heavy atom. The summed E-state index contributed by atoms with van der Waals surface area (Å²) in [5.74, 6) is 0.896. The zero-order valence-corrected chi connectivity index (χ0v) is 20.7. The van der Waals surface area contributed by atoms with Crippen molar-refractivity contribution in [1.82, 2.24) is 35.3 Å². The predicted octanol–water partition coefficient (Wildman–Crippen LogP) is 3.79. The highest BCUT2D eigenvalue weighted by atomic mass is 19.1. The Morgan fingerprint density at radius 1 is 1.08 bits per heavy atom. The highest BCUT2D eigenvalue weighted by Gasteiger charge is 2.28. The van der Waals surface area contributed by atoms with E-state index in [0.717, 1.165) is 37.1 Å². The van der Waals surface area contributed by atoms with Gasteiger partial charge in [0.1, 0.15) is 18.0 Å². The molecule has 0 unspecified atom stereocenters. The fraction of sp³-hybridized carbons (Fsp3) is 0.440. The van der Waals surface area contributed by atoms with E-state index in [0.29, 0.717) is 41.9 Å². The van der Waals surface area contributed by atoms with Gasteiger partial charge in [-0.1, -0.05) is 13.8 Å². The van der Waals surface area contributed by atoms with Crippen molar-refractivity contribution in [3.8, 4) is 5.69 Å². The van der Waals surface area contributed by atoms with Gasteiger partial charge in [0.25, 0.3) is 5.95 Å². The van der Waals surface area contributed by atoms with E-state index < -0.39 is 0 Å². The molecule has 0 N–H and O–H groups in total. The molecule has 0 aliphatic carbocycles. The Bertz CT molecular complexity index is 1400. The summed E-state index contributed by atoms with van der Waals surface area (Å²) < 4.78 is 36.9. The molecule has 0 spiro atoms. The zero-order valence-electron chi connectivity index (χ0n) is 20.7. The SMILES string of the molecule is CC(C)c1nc(N2CCC(c3cnc(CN4CCc5cc(-n6cnnn6)cc(F)c54)c(F)c3)CC2)no1. The van der Waals surface area contributed by atoms with Crippen LogP contribution in [0.25, 0.3) is 5.69 Å². The number of anilines is 2. The number of rotatable bonds is 6. The third-order valence-corrected chi connectivity index (χ3v) is 7.16. The lowest BCUT2D eigenvalue weighted by Crippen LogP contribution is -2.33. The van der Waals surface area contributed by atoms with E-state index in [1.54, 1.807) is 12.3 Å². The van der Waals surface area contributed by atoms with Crippen LogP contribution >= 0.6 is 0 Å². The van der Waals surface area contributed by atoms with Crippen LogP contribution in [-0.2, 0) is 13.0 Å². The molecule has 2 aliphatic rings. The van der Waals surface area contributed by atoms with Crippen LogP contribution in [0.1, 0.15) is 61.2 Å². The number of hydrogen-bond donors (Lipinski definition) is 0. The van der Waals surface area contributed by atoms with Gasteiger partial charge in [0.15, 0.2) is 0 Å². The lowest BCUT2D eigenvalue weighted by molar-refractivity contribution is 0.363. The third kappa shape index (κ3) is 4.51. The quantitative estimate of drug-likeness (QED) is 0.386. The van der Waals surface area contributed by atoms with Crippen molar-refractivity contribution in [1.29, 1.82) is 0 Å². The van der Waals surface area contributed by atoms with Crippen molar-refractivity contribution in [3.63, 3.8) is 0 Å². The topological polar surface area (TPSA) is 102 Å². The predicted molar refractivity (Wildman–Crippen MR) is 131 cm³/mol. The van der Waals surface area contributed by atoms with E-state index in [4.69, 9.17) is 4.52 Å². The van der Waals surface area contributed by atoms with Crippen molar-refractivity contribution < 1.29 is 13.3 Å². The molecule has 3 aromatic heterocycles. The van der Waals surface area contributed by atoms with Crippen molar-refractivity contribution in [3.05, 3.63) is 65.1 Å². The largest absolute Gasteiger partial charge is 0.363 e. The molecule has 1 fully saturated rings. The first-order valence-corrected chi connectivity index (χ1v) is 12.5. The Kier molecular flexibility index (Phi) is 6.01. The third-order valence-electron chi connectivity index (χ3n) is 7.16. The second-order valence-corrected chi connectivity index (χ2v) is 9.91. The molecule has 6 rings (SSSR count). The lowest BCUT2D eigenvalue weighted by atomic mass is 9.90. The molecule has 5 heterocycles. The van der Waals surface area contributed by atoms with Crippen LogP contribution in [0, 0.1) is 11.6 Å². The van der Waals surface area contributed by atoms with Crippen LogP contribution in [0.2, 0.25) is 0 Å². The number of tetrazole rings is 1. The molecule has 37 heavy (non-hydrogen) atoms. The summed E-state index contributed by atoms with van der Waals surface area (Å²) in [4.78, 5) is 12.9. The summed E-state index contributed by atoms with van der Waals surface area (Å²) in [5, 5.41) is 15.1. The Labute approximate surface area is 212 Å². The molecule has 0 bridgehead atoms. The molecule has 0 saturated carbocycles. The molecule has 10 nitrogen and oxygen atoms in total. The highest BCUT2D eigenvalue weighted by Crippen LogP contribution is 2.35. The molecule has 0 atom stereocenters. The summed E-state index contributed by atoms with van der Waals surface area (Å²) >= 11 is 0. The van der Waals surface area contributed by atoms with E-state index in [1.807, 2.05) is 24.8 Å². The highest BCUT2D eigenvalue weighted by molar-refractivity contribution is 5.62. The first-order chi connectivity index (χ1) is 18.0. The second-order valence-electron chi connectivity index (χ2n) is 9.91. The van der Waals surface area contributed by atoms with Gasteiger partial charge >= 0.3 is 0 Å². The maximum atomic E-state index is 15.2. The van der Waals surface area contributed by atoms with Crippen molar-refractivity contribution in [2.45, 2.75) is 51.5 Å². The van der Waals surface area contributed by atoms with E-state index in [9.17, 15) is 0 Å². The number of nitrogens with zero attached hydrogens (tertiary/aromatic N) is 9. The van der Waals surface area contributed by atoms with Gasteiger partial charge in [0.2, 0.25) is 5.89 Å². The van der Waals surface area contributed by atoms with Gasteiger partial charge < -0.3 is 14.3 Å². The van der Waals surface area contributed by atoms with Crippen molar-refractivity contribution >= 4 is 11.6 Å². The van der Waals surface area contributed by atoms with Crippen LogP contribution in [0.15, 0.2) is 35.2 Å². The summed E-state index contributed by atoms with van der Waals surface area (Å²) in [7, 11) is 0. The lowest BCUT2D eigenvalue weighted by Gasteiger charge is -2.31. The number of hydrogen-bond acceptors (Lipinski definition) is 9. The first-order valence-electron chi connectivity index (χ1n) is 12.5. The standard InChI is InChI=1S/C25H27F2N9O/c1-15(2)24-30-25(31-37-24)34-6-3-16(4-7-34)18-10-20(26)22(28-12-18)13-35-8-5-17-9-19(11-21(27)23(17)35)36-14-29-32-33-36/h9-12,14-16H,3-8,13H2,1-2H3. The number of benzene rings is 1. The Balaban J connectivity index is 1.12. The fourth-order valence-corrected chi connectivity index (χ4v) is 5.13. The monoisotopic (exact) mass is 507 g/mol.